The van der Waals surface area contributed by atoms with Crippen molar-refractivity contribution in [3.63, 3.8) is 0 Å². The molecule has 0 fully saturated rings. The van der Waals surface area contributed by atoms with Gasteiger partial charge >= 0.3 is 0 Å². The molecule has 0 aliphatic rings. The standard InChI is InChI=1S/C17H31N3/c1-4-12-20(15-14-19(2)3)13-8-11-17(18)16-9-6-5-7-10-16/h5-7,9-10,17H,4,8,11-15,18H2,1-3H3. The predicted octanol–water partition coefficient (Wildman–Crippen LogP) is 2.74. The van der Waals surface area contributed by atoms with E-state index in [2.05, 4.69) is 55.1 Å². The zero-order chi connectivity index (χ0) is 14.8. The van der Waals surface area contributed by atoms with Gasteiger partial charge in [0.05, 0.1) is 0 Å². The quantitative estimate of drug-likeness (QED) is 0.714. The summed E-state index contributed by atoms with van der Waals surface area (Å²) < 4.78 is 0. The van der Waals surface area contributed by atoms with E-state index >= 15 is 0 Å². The van der Waals surface area contributed by atoms with Crippen molar-refractivity contribution < 1.29 is 0 Å². The molecule has 3 nitrogen and oxygen atoms in total. The molecule has 1 rings (SSSR count). The van der Waals surface area contributed by atoms with Gasteiger partial charge in [0.15, 0.2) is 0 Å². The molecule has 0 amide bonds. The summed E-state index contributed by atoms with van der Waals surface area (Å²) in [7, 11) is 4.27. The van der Waals surface area contributed by atoms with Crippen LogP contribution in [-0.4, -0.2) is 50.1 Å². The van der Waals surface area contributed by atoms with Crippen molar-refractivity contribution in [1.29, 1.82) is 0 Å². The maximum atomic E-state index is 6.25. The average Bonchev–Trinajstić information content (AvgIpc) is 2.45. The molecule has 0 aromatic heterocycles. The lowest BCUT2D eigenvalue weighted by atomic mass is 10.0. The molecule has 0 saturated carbocycles. The molecule has 114 valence electrons. The van der Waals surface area contributed by atoms with E-state index in [1.165, 1.54) is 24.9 Å². The number of likely N-dealkylation sites (N-methyl/N-ethyl adjacent to an activating group) is 1. The molecule has 20 heavy (non-hydrogen) atoms. The number of nitrogens with zero attached hydrogens (tertiary/aromatic N) is 2. The topological polar surface area (TPSA) is 32.5 Å². The van der Waals surface area contributed by atoms with Crippen molar-refractivity contribution >= 4 is 0 Å². The molecule has 3 heteroatoms. The molecule has 1 unspecified atom stereocenters. The summed E-state index contributed by atoms with van der Waals surface area (Å²) in [6, 6.07) is 10.6. The van der Waals surface area contributed by atoms with Crippen LogP contribution >= 0.6 is 0 Å². The van der Waals surface area contributed by atoms with Crippen LogP contribution in [0.4, 0.5) is 0 Å². The zero-order valence-corrected chi connectivity index (χ0v) is 13.4. The van der Waals surface area contributed by atoms with E-state index in [0.717, 1.165) is 26.1 Å². The second-order valence-corrected chi connectivity index (χ2v) is 5.80. The molecule has 1 aromatic carbocycles. The van der Waals surface area contributed by atoms with E-state index in [4.69, 9.17) is 5.73 Å². The zero-order valence-electron chi connectivity index (χ0n) is 13.4. The average molecular weight is 277 g/mol. The highest BCUT2D eigenvalue weighted by atomic mass is 15.2. The molecule has 0 saturated heterocycles. The Bertz CT molecular complexity index is 337. The molecular formula is C17H31N3. The van der Waals surface area contributed by atoms with E-state index < -0.39 is 0 Å². The minimum absolute atomic E-state index is 0.175. The van der Waals surface area contributed by atoms with Crippen molar-refractivity contribution in [3.05, 3.63) is 35.9 Å². The van der Waals surface area contributed by atoms with Gasteiger partial charge in [0, 0.05) is 19.1 Å². The number of hydrogen-bond acceptors (Lipinski definition) is 3. The lowest BCUT2D eigenvalue weighted by molar-refractivity contribution is 0.235. The summed E-state index contributed by atoms with van der Waals surface area (Å²) in [5.74, 6) is 0. The normalized spacial score (nSPS) is 13.1. The van der Waals surface area contributed by atoms with Crippen LogP contribution in [-0.2, 0) is 0 Å². The Morgan fingerprint density at radius 3 is 2.30 bits per heavy atom. The fraction of sp³-hybridized carbons (Fsp3) is 0.647. The molecule has 0 radical (unpaired) electrons. The summed E-state index contributed by atoms with van der Waals surface area (Å²) in [6.45, 7) is 6.88. The van der Waals surface area contributed by atoms with Gasteiger partial charge in [-0.1, -0.05) is 37.3 Å². The smallest absolute Gasteiger partial charge is 0.0295 e. The highest BCUT2D eigenvalue weighted by Gasteiger charge is 2.08. The van der Waals surface area contributed by atoms with Gasteiger partial charge in [0.2, 0.25) is 0 Å². The Morgan fingerprint density at radius 2 is 1.70 bits per heavy atom. The fourth-order valence-corrected chi connectivity index (χ4v) is 2.39. The summed E-state index contributed by atoms with van der Waals surface area (Å²) in [5.41, 5.74) is 7.50. The molecule has 1 atom stereocenters. The lowest BCUT2D eigenvalue weighted by Gasteiger charge is -2.24. The largest absolute Gasteiger partial charge is 0.324 e. The number of hydrogen-bond donors (Lipinski definition) is 1. The van der Waals surface area contributed by atoms with Gasteiger partial charge in [-0.15, -0.1) is 0 Å². The SMILES string of the molecule is CCCN(CCCC(N)c1ccccc1)CCN(C)C. The Labute approximate surface area is 124 Å². The van der Waals surface area contributed by atoms with Crippen LogP contribution in [0.15, 0.2) is 30.3 Å². The second kappa shape index (κ2) is 9.92. The molecule has 0 heterocycles. The van der Waals surface area contributed by atoms with Crippen molar-refractivity contribution in [3.8, 4) is 0 Å². The van der Waals surface area contributed by atoms with E-state index in [-0.39, 0.29) is 6.04 Å². The highest BCUT2D eigenvalue weighted by molar-refractivity contribution is 5.18. The highest BCUT2D eigenvalue weighted by Crippen LogP contribution is 2.15. The molecule has 0 aliphatic heterocycles. The minimum atomic E-state index is 0.175. The van der Waals surface area contributed by atoms with Crippen LogP contribution in [0.1, 0.15) is 37.8 Å². The van der Waals surface area contributed by atoms with Gasteiger partial charge < -0.3 is 15.5 Å². The number of rotatable bonds is 10. The Balaban J connectivity index is 2.29. The van der Waals surface area contributed by atoms with Crippen LogP contribution in [0.3, 0.4) is 0 Å². The van der Waals surface area contributed by atoms with Crippen molar-refractivity contribution in [2.45, 2.75) is 32.2 Å². The van der Waals surface area contributed by atoms with Crippen LogP contribution in [0.5, 0.6) is 0 Å². The minimum Gasteiger partial charge on any atom is -0.324 e. The Kier molecular flexibility index (Phi) is 8.51. The lowest BCUT2D eigenvalue weighted by Crippen LogP contribution is -2.33. The summed E-state index contributed by atoms with van der Waals surface area (Å²) >= 11 is 0. The van der Waals surface area contributed by atoms with E-state index in [0.29, 0.717) is 0 Å². The van der Waals surface area contributed by atoms with E-state index in [1.54, 1.807) is 0 Å². The maximum Gasteiger partial charge on any atom is 0.0295 e. The number of benzene rings is 1. The Hall–Kier alpha value is -0.900. The van der Waals surface area contributed by atoms with Crippen LogP contribution in [0.25, 0.3) is 0 Å². The fourth-order valence-electron chi connectivity index (χ4n) is 2.39. The molecule has 0 aliphatic carbocycles. The second-order valence-electron chi connectivity index (χ2n) is 5.80. The molecular weight excluding hydrogens is 246 g/mol. The van der Waals surface area contributed by atoms with E-state index in [9.17, 15) is 0 Å². The van der Waals surface area contributed by atoms with Crippen molar-refractivity contribution in [2.24, 2.45) is 5.73 Å². The summed E-state index contributed by atoms with van der Waals surface area (Å²) in [6.07, 6.45) is 3.45. The monoisotopic (exact) mass is 277 g/mol. The van der Waals surface area contributed by atoms with Gasteiger partial charge in [-0.05, 0) is 52.0 Å². The number of nitrogens with two attached hydrogens (primary N) is 1. The first-order valence-corrected chi connectivity index (χ1v) is 7.81. The van der Waals surface area contributed by atoms with Crippen LogP contribution < -0.4 is 5.73 Å². The molecule has 0 bridgehead atoms. The van der Waals surface area contributed by atoms with Gasteiger partial charge in [-0.25, -0.2) is 0 Å². The summed E-state index contributed by atoms with van der Waals surface area (Å²) in [5, 5.41) is 0. The molecule has 2 N–H and O–H groups in total. The van der Waals surface area contributed by atoms with Crippen LogP contribution in [0, 0.1) is 0 Å². The first-order chi connectivity index (χ1) is 9.63. The molecule has 1 aromatic rings. The van der Waals surface area contributed by atoms with Crippen molar-refractivity contribution in [1.82, 2.24) is 9.80 Å². The van der Waals surface area contributed by atoms with Gasteiger partial charge in [-0.2, -0.15) is 0 Å². The van der Waals surface area contributed by atoms with Gasteiger partial charge in [-0.3, -0.25) is 0 Å². The first-order valence-electron chi connectivity index (χ1n) is 7.81. The third kappa shape index (κ3) is 7.04. The maximum absolute atomic E-state index is 6.25. The molecule has 0 spiro atoms. The third-order valence-corrected chi connectivity index (χ3v) is 3.62. The third-order valence-electron chi connectivity index (χ3n) is 3.62. The van der Waals surface area contributed by atoms with Gasteiger partial charge in [0.1, 0.15) is 0 Å². The van der Waals surface area contributed by atoms with E-state index in [1.807, 2.05) is 6.07 Å². The predicted molar refractivity (Wildman–Crippen MR) is 87.9 cm³/mol. The first kappa shape index (κ1) is 17.2. The van der Waals surface area contributed by atoms with Gasteiger partial charge in [0.25, 0.3) is 0 Å². The van der Waals surface area contributed by atoms with Crippen LogP contribution in [0.2, 0.25) is 0 Å². The van der Waals surface area contributed by atoms with Crippen molar-refractivity contribution in [2.75, 3.05) is 40.3 Å². The Morgan fingerprint density at radius 1 is 1.00 bits per heavy atom. The summed E-state index contributed by atoms with van der Waals surface area (Å²) in [4.78, 5) is 4.80.